The summed E-state index contributed by atoms with van der Waals surface area (Å²) in [7, 11) is 1.57. The van der Waals surface area contributed by atoms with E-state index in [0.717, 1.165) is 11.1 Å². The molecule has 0 aromatic rings. The van der Waals surface area contributed by atoms with Crippen molar-refractivity contribution in [3.8, 4) is 0 Å². The Morgan fingerprint density at radius 2 is 1.87 bits per heavy atom. The summed E-state index contributed by atoms with van der Waals surface area (Å²) in [6, 6.07) is 0. The second-order valence-electron chi connectivity index (χ2n) is 8.48. The Balaban J connectivity index is 2.55. The fourth-order valence-electron chi connectivity index (χ4n) is 3.46. The number of rotatable bonds is 10. The van der Waals surface area contributed by atoms with Gasteiger partial charge in [-0.1, -0.05) is 55.4 Å². The van der Waals surface area contributed by atoms with Gasteiger partial charge in [-0.25, -0.2) is 0 Å². The van der Waals surface area contributed by atoms with E-state index >= 15 is 0 Å². The van der Waals surface area contributed by atoms with Crippen LogP contribution in [0.15, 0.2) is 58.7 Å². The summed E-state index contributed by atoms with van der Waals surface area (Å²) in [4.78, 5) is 23.5. The van der Waals surface area contributed by atoms with Gasteiger partial charge in [-0.2, -0.15) is 0 Å². The molecule has 166 valence electrons. The third-order valence-electron chi connectivity index (χ3n) is 5.18. The summed E-state index contributed by atoms with van der Waals surface area (Å²) in [5.41, 5.74) is 5.14. The van der Waals surface area contributed by atoms with Crippen LogP contribution in [0.5, 0.6) is 0 Å². The maximum Gasteiger partial charge on any atom is 0.244 e. The first kappa shape index (κ1) is 25.6. The first-order chi connectivity index (χ1) is 14.2. The lowest BCUT2D eigenvalue weighted by molar-refractivity contribution is -0.124. The molecule has 0 saturated heterocycles. The summed E-state index contributed by atoms with van der Waals surface area (Å²) in [6.07, 6.45) is 15.4. The lowest BCUT2D eigenvalue weighted by atomic mass is 9.72. The molecule has 1 rings (SSSR count). The van der Waals surface area contributed by atoms with E-state index in [1.54, 1.807) is 7.11 Å². The standard InChI is InChI=1S/C25H38N2O3/c1-19(12-13-22-21(3)11-8-14-25(22,4)5)9-7-10-20(2)17-23(28)27-18-24(29)26-15-16-30-6/h7,9-10,12-13,17H,8,11,14-16,18H2,1-6H3,(H,26,29)(H,27,28)/b10-7+,13-12+,19-9+,20-17+. The molecule has 0 aliphatic heterocycles. The number of carbonyl (C=O) groups is 2. The monoisotopic (exact) mass is 414 g/mol. The highest BCUT2D eigenvalue weighted by molar-refractivity contribution is 5.91. The van der Waals surface area contributed by atoms with Gasteiger partial charge in [-0.15, -0.1) is 0 Å². The minimum atomic E-state index is -0.290. The predicted molar refractivity (Wildman–Crippen MR) is 124 cm³/mol. The zero-order chi connectivity index (χ0) is 22.6. The molecule has 1 aliphatic carbocycles. The Kier molecular flexibility index (Phi) is 11.1. The lowest BCUT2D eigenvalue weighted by Crippen LogP contribution is -2.37. The SMILES string of the molecule is COCCNC(=O)CNC(=O)/C=C(C)/C=C/C=C(C)/C=C/C1=C(C)CCCC1(C)C. The number of amides is 2. The molecule has 0 radical (unpaired) electrons. The van der Waals surface area contributed by atoms with Crippen LogP contribution in [0.1, 0.15) is 53.9 Å². The fraction of sp³-hybridized carbons (Fsp3) is 0.520. The van der Waals surface area contributed by atoms with Crippen LogP contribution in [0.2, 0.25) is 0 Å². The first-order valence-corrected chi connectivity index (χ1v) is 10.6. The van der Waals surface area contributed by atoms with E-state index in [2.05, 4.69) is 50.5 Å². The summed E-state index contributed by atoms with van der Waals surface area (Å²) < 4.78 is 4.85. The first-order valence-electron chi connectivity index (χ1n) is 10.6. The molecule has 1 aliphatic rings. The van der Waals surface area contributed by atoms with Gasteiger partial charge in [-0.05, 0) is 56.6 Å². The Labute approximate surface area is 182 Å². The van der Waals surface area contributed by atoms with Crippen molar-refractivity contribution in [2.75, 3.05) is 26.8 Å². The van der Waals surface area contributed by atoms with Gasteiger partial charge in [0.15, 0.2) is 0 Å². The molecule has 5 heteroatoms. The van der Waals surface area contributed by atoms with Crippen LogP contribution in [-0.2, 0) is 14.3 Å². The zero-order valence-corrected chi connectivity index (χ0v) is 19.4. The molecule has 5 nitrogen and oxygen atoms in total. The van der Waals surface area contributed by atoms with Crippen molar-refractivity contribution < 1.29 is 14.3 Å². The molecular formula is C25H38N2O3. The summed E-state index contributed by atoms with van der Waals surface area (Å²) in [5.74, 6) is -0.527. The molecule has 2 N–H and O–H groups in total. The largest absolute Gasteiger partial charge is 0.383 e. The van der Waals surface area contributed by atoms with Gasteiger partial charge in [0.1, 0.15) is 0 Å². The van der Waals surface area contributed by atoms with Gasteiger partial charge in [0.05, 0.1) is 13.2 Å². The molecular weight excluding hydrogens is 376 g/mol. The van der Waals surface area contributed by atoms with Gasteiger partial charge in [0, 0.05) is 19.7 Å². The molecule has 2 amide bonds. The second-order valence-corrected chi connectivity index (χ2v) is 8.48. The zero-order valence-electron chi connectivity index (χ0n) is 19.4. The maximum atomic E-state index is 11.9. The smallest absolute Gasteiger partial charge is 0.244 e. The third kappa shape index (κ3) is 9.88. The molecule has 0 fully saturated rings. The van der Waals surface area contributed by atoms with E-state index in [-0.39, 0.29) is 23.8 Å². The second kappa shape index (κ2) is 13.0. The molecule has 0 aromatic heterocycles. The molecule has 0 unspecified atom stereocenters. The number of nitrogens with one attached hydrogen (secondary N) is 2. The molecule has 0 saturated carbocycles. The molecule has 30 heavy (non-hydrogen) atoms. The Morgan fingerprint density at radius 1 is 1.13 bits per heavy atom. The van der Waals surface area contributed by atoms with Gasteiger partial charge >= 0.3 is 0 Å². The van der Waals surface area contributed by atoms with Crippen LogP contribution < -0.4 is 10.6 Å². The Hall–Kier alpha value is -2.40. The summed E-state index contributed by atoms with van der Waals surface area (Å²) >= 11 is 0. The predicted octanol–water partition coefficient (Wildman–Crippen LogP) is 4.40. The van der Waals surface area contributed by atoms with Crippen LogP contribution in [0.25, 0.3) is 0 Å². The number of allylic oxidation sites excluding steroid dienone is 9. The van der Waals surface area contributed by atoms with Crippen LogP contribution >= 0.6 is 0 Å². The Bertz CT molecular complexity index is 752. The van der Waals surface area contributed by atoms with Crippen molar-refractivity contribution in [2.24, 2.45) is 5.41 Å². The topological polar surface area (TPSA) is 67.4 Å². The lowest BCUT2D eigenvalue weighted by Gasteiger charge is -2.32. The van der Waals surface area contributed by atoms with E-state index in [1.165, 1.54) is 36.5 Å². The maximum absolute atomic E-state index is 11.9. The van der Waals surface area contributed by atoms with Crippen LogP contribution in [-0.4, -0.2) is 38.6 Å². The van der Waals surface area contributed by atoms with Crippen molar-refractivity contribution in [3.05, 3.63) is 58.7 Å². The van der Waals surface area contributed by atoms with E-state index in [9.17, 15) is 9.59 Å². The summed E-state index contributed by atoms with van der Waals surface area (Å²) in [5, 5.41) is 5.23. The van der Waals surface area contributed by atoms with Gasteiger partial charge in [0.2, 0.25) is 11.8 Å². The van der Waals surface area contributed by atoms with Crippen molar-refractivity contribution in [3.63, 3.8) is 0 Å². The fourth-order valence-corrected chi connectivity index (χ4v) is 3.46. The van der Waals surface area contributed by atoms with E-state index in [4.69, 9.17) is 4.74 Å². The number of carbonyl (C=O) groups excluding carboxylic acids is 2. The molecule has 0 atom stereocenters. The minimum absolute atomic E-state index is 0.0501. The average molecular weight is 415 g/mol. The highest BCUT2D eigenvalue weighted by Crippen LogP contribution is 2.40. The number of ether oxygens (including phenoxy) is 1. The van der Waals surface area contributed by atoms with Gasteiger partial charge < -0.3 is 15.4 Å². The Morgan fingerprint density at radius 3 is 2.53 bits per heavy atom. The minimum Gasteiger partial charge on any atom is -0.383 e. The summed E-state index contributed by atoms with van der Waals surface area (Å²) in [6.45, 7) is 11.6. The number of methoxy groups -OCH3 is 1. The normalized spacial score (nSPS) is 17.7. The van der Waals surface area contributed by atoms with Crippen molar-refractivity contribution in [1.82, 2.24) is 10.6 Å². The molecule has 0 aromatic carbocycles. The number of hydrogen-bond acceptors (Lipinski definition) is 3. The third-order valence-corrected chi connectivity index (χ3v) is 5.18. The molecule has 0 spiro atoms. The van der Waals surface area contributed by atoms with Crippen molar-refractivity contribution in [2.45, 2.75) is 53.9 Å². The van der Waals surface area contributed by atoms with Gasteiger partial charge in [-0.3, -0.25) is 9.59 Å². The van der Waals surface area contributed by atoms with E-state index in [1.807, 2.05) is 25.2 Å². The average Bonchev–Trinajstić information content (AvgIpc) is 2.65. The highest BCUT2D eigenvalue weighted by atomic mass is 16.5. The van der Waals surface area contributed by atoms with Crippen molar-refractivity contribution >= 4 is 11.8 Å². The van der Waals surface area contributed by atoms with Crippen LogP contribution in [0.4, 0.5) is 0 Å². The molecule has 0 bridgehead atoms. The van der Waals surface area contributed by atoms with Crippen LogP contribution in [0.3, 0.4) is 0 Å². The van der Waals surface area contributed by atoms with Crippen molar-refractivity contribution in [1.29, 1.82) is 0 Å². The van der Waals surface area contributed by atoms with Gasteiger partial charge in [0.25, 0.3) is 0 Å². The number of hydrogen-bond donors (Lipinski definition) is 2. The highest BCUT2D eigenvalue weighted by Gasteiger charge is 2.26. The van der Waals surface area contributed by atoms with E-state index < -0.39 is 0 Å². The van der Waals surface area contributed by atoms with E-state index in [0.29, 0.717) is 13.2 Å². The quantitative estimate of drug-likeness (QED) is 0.316. The molecule has 0 heterocycles. The van der Waals surface area contributed by atoms with Crippen LogP contribution in [0, 0.1) is 5.41 Å².